The third-order valence-electron chi connectivity index (χ3n) is 2.79. The van der Waals surface area contributed by atoms with Crippen LogP contribution in [0.2, 0.25) is 0 Å². The Balaban J connectivity index is 1.94. The summed E-state index contributed by atoms with van der Waals surface area (Å²) >= 11 is 0. The summed E-state index contributed by atoms with van der Waals surface area (Å²) < 4.78 is 5.58. The van der Waals surface area contributed by atoms with Crippen LogP contribution in [0, 0.1) is 6.92 Å². The molecule has 5 nitrogen and oxygen atoms in total. The zero-order valence-corrected chi connectivity index (χ0v) is 10.4. The third-order valence-corrected chi connectivity index (χ3v) is 2.79. The highest BCUT2D eigenvalue weighted by molar-refractivity contribution is 5.73. The van der Waals surface area contributed by atoms with Gasteiger partial charge in [0, 0.05) is 5.69 Å². The number of anilines is 1. The average Bonchev–Trinajstić information content (AvgIpc) is 2.43. The molecule has 0 spiro atoms. The summed E-state index contributed by atoms with van der Waals surface area (Å²) in [5, 5.41) is 7.99. The maximum atomic E-state index is 5.76. The largest absolute Gasteiger partial charge is 0.423 e. The molecule has 0 bridgehead atoms. The molecule has 0 amide bonds. The molecule has 1 heterocycles. The molecule has 0 aliphatic carbocycles. The number of nitrogens with zero attached hydrogens (tertiary/aromatic N) is 3. The van der Waals surface area contributed by atoms with Crippen molar-refractivity contribution in [1.29, 1.82) is 0 Å². The Morgan fingerprint density at radius 3 is 2.58 bits per heavy atom. The van der Waals surface area contributed by atoms with Crippen LogP contribution in [0.15, 0.2) is 42.5 Å². The van der Waals surface area contributed by atoms with Crippen molar-refractivity contribution < 1.29 is 4.74 Å². The van der Waals surface area contributed by atoms with Crippen LogP contribution in [-0.4, -0.2) is 15.2 Å². The fourth-order valence-electron chi connectivity index (χ4n) is 1.73. The SMILES string of the molecule is Cc1cc(Oc2nnc3ccccc3n2)ccc1N. The van der Waals surface area contributed by atoms with Crippen LogP contribution >= 0.6 is 0 Å². The van der Waals surface area contributed by atoms with Gasteiger partial charge < -0.3 is 10.5 Å². The topological polar surface area (TPSA) is 73.9 Å². The second-order valence-electron chi connectivity index (χ2n) is 4.20. The van der Waals surface area contributed by atoms with Crippen LogP contribution in [0.25, 0.3) is 11.0 Å². The smallest absolute Gasteiger partial charge is 0.341 e. The number of nitrogens with two attached hydrogens (primary N) is 1. The highest BCUT2D eigenvalue weighted by Gasteiger charge is 2.04. The van der Waals surface area contributed by atoms with Gasteiger partial charge in [-0.05, 0) is 42.8 Å². The first-order valence-electron chi connectivity index (χ1n) is 5.86. The van der Waals surface area contributed by atoms with E-state index in [4.69, 9.17) is 10.5 Å². The van der Waals surface area contributed by atoms with Gasteiger partial charge in [-0.15, -0.1) is 5.10 Å². The lowest BCUT2D eigenvalue weighted by atomic mass is 10.2. The van der Waals surface area contributed by atoms with Gasteiger partial charge in [-0.1, -0.05) is 17.2 Å². The number of ether oxygens (including phenoxy) is 1. The van der Waals surface area contributed by atoms with Gasteiger partial charge in [0.25, 0.3) is 0 Å². The minimum Gasteiger partial charge on any atom is -0.423 e. The lowest BCUT2D eigenvalue weighted by Gasteiger charge is -2.06. The van der Waals surface area contributed by atoms with Gasteiger partial charge in [-0.2, -0.15) is 4.98 Å². The summed E-state index contributed by atoms with van der Waals surface area (Å²) in [5.41, 5.74) is 8.92. The van der Waals surface area contributed by atoms with Crippen molar-refractivity contribution in [3.63, 3.8) is 0 Å². The number of rotatable bonds is 2. The molecule has 0 fully saturated rings. The Morgan fingerprint density at radius 1 is 1.00 bits per heavy atom. The molecule has 0 aliphatic rings. The van der Waals surface area contributed by atoms with Crippen molar-refractivity contribution in [1.82, 2.24) is 15.2 Å². The zero-order valence-electron chi connectivity index (χ0n) is 10.4. The number of fused-ring (bicyclic) bond motifs is 1. The van der Waals surface area contributed by atoms with E-state index in [9.17, 15) is 0 Å². The third kappa shape index (κ3) is 2.30. The van der Waals surface area contributed by atoms with E-state index >= 15 is 0 Å². The fourth-order valence-corrected chi connectivity index (χ4v) is 1.73. The molecular formula is C14H12N4O. The Labute approximate surface area is 110 Å². The van der Waals surface area contributed by atoms with Crippen molar-refractivity contribution >= 4 is 16.7 Å². The van der Waals surface area contributed by atoms with Crippen molar-refractivity contribution in [2.75, 3.05) is 5.73 Å². The Kier molecular flexibility index (Phi) is 2.72. The standard InChI is InChI=1S/C14H12N4O/c1-9-8-10(6-7-11(9)15)19-14-16-12-4-2-3-5-13(12)17-18-14/h2-8H,15H2,1H3. The molecule has 3 aromatic rings. The van der Waals surface area contributed by atoms with Crippen LogP contribution in [0.4, 0.5) is 5.69 Å². The van der Waals surface area contributed by atoms with Crippen LogP contribution in [0.5, 0.6) is 11.8 Å². The Bertz CT molecular complexity index is 742. The van der Waals surface area contributed by atoms with Gasteiger partial charge in [0.05, 0.1) is 5.52 Å². The number of aromatic nitrogens is 3. The summed E-state index contributed by atoms with van der Waals surface area (Å²) in [7, 11) is 0. The van der Waals surface area contributed by atoms with Gasteiger partial charge in [-0.25, -0.2) is 0 Å². The highest BCUT2D eigenvalue weighted by Crippen LogP contribution is 2.22. The van der Waals surface area contributed by atoms with E-state index in [1.807, 2.05) is 37.3 Å². The molecule has 2 aromatic carbocycles. The van der Waals surface area contributed by atoms with Gasteiger partial charge in [0.2, 0.25) is 0 Å². The number of hydrogen-bond acceptors (Lipinski definition) is 5. The van der Waals surface area contributed by atoms with E-state index in [-0.39, 0.29) is 6.01 Å². The number of aryl methyl sites for hydroxylation is 1. The van der Waals surface area contributed by atoms with Gasteiger partial charge in [-0.3, -0.25) is 0 Å². The zero-order chi connectivity index (χ0) is 13.2. The summed E-state index contributed by atoms with van der Waals surface area (Å²) in [6, 6.07) is 13.1. The molecular weight excluding hydrogens is 240 g/mol. The van der Waals surface area contributed by atoms with Gasteiger partial charge in [0.15, 0.2) is 0 Å². The molecule has 2 N–H and O–H groups in total. The van der Waals surface area contributed by atoms with Crippen LogP contribution in [0.1, 0.15) is 5.56 Å². The fraction of sp³-hybridized carbons (Fsp3) is 0.0714. The maximum Gasteiger partial charge on any atom is 0.341 e. The van der Waals surface area contributed by atoms with E-state index in [0.29, 0.717) is 5.75 Å². The summed E-state index contributed by atoms with van der Waals surface area (Å²) in [5.74, 6) is 0.642. The second-order valence-corrected chi connectivity index (χ2v) is 4.20. The Hall–Kier alpha value is -2.69. The van der Waals surface area contributed by atoms with Crippen LogP contribution in [-0.2, 0) is 0 Å². The molecule has 94 valence electrons. The highest BCUT2D eigenvalue weighted by atomic mass is 16.5. The molecule has 3 rings (SSSR count). The molecule has 19 heavy (non-hydrogen) atoms. The molecule has 5 heteroatoms. The Morgan fingerprint density at radius 2 is 1.79 bits per heavy atom. The lowest BCUT2D eigenvalue weighted by molar-refractivity contribution is 0.436. The second kappa shape index (κ2) is 4.53. The van der Waals surface area contributed by atoms with Crippen molar-refractivity contribution in [2.45, 2.75) is 6.92 Å². The minimum absolute atomic E-state index is 0.225. The monoisotopic (exact) mass is 252 g/mol. The van der Waals surface area contributed by atoms with E-state index < -0.39 is 0 Å². The predicted molar refractivity (Wildman–Crippen MR) is 73.0 cm³/mol. The average molecular weight is 252 g/mol. The number of nitrogen functional groups attached to an aromatic ring is 1. The summed E-state index contributed by atoms with van der Waals surface area (Å²) in [6.07, 6.45) is 0. The van der Waals surface area contributed by atoms with Crippen LogP contribution in [0.3, 0.4) is 0 Å². The minimum atomic E-state index is 0.225. The van der Waals surface area contributed by atoms with Gasteiger partial charge >= 0.3 is 6.01 Å². The van der Waals surface area contributed by atoms with Crippen molar-refractivity contribution in [3.05, 3.63) is 48.0 Å². The molecule has 0 aliphatic heterocycles. The molecule has 0 unspecified atom stereocenters. The van der Waals surface area contributed by atoms with E-state index in [1.54, 1.807) is 12.1 Å². The van der Waals surface area contributed by atoms with E-state index in [0.717, 1.165) is 22.3 Å². The first-order chi connectivity index (χ1) is 9.22. The maximum absolute atomic E-state index is 5.76. The quantitative estimate of drug-likeness (QED) is 0.710. The molecule has 0 radical (unpaired) electrons. The predicted octanol–water partition coefficient (Wildman–Crippen LogP) is 2.71. The van der Waals surface area contributed by atoms with Crippen molar-refractivity contribution in [3.8, 4) is 11.8 Å². The molecule has 0 atom stereocenters. The van der Waals surface area contributed by atoms with E-state index in [2.05, 4.69) is 15.2 Å². The molecule has 1 aromatic heterocycles. The van der Waals surface area contributed by atoms with E-state index in [1.165, 1.54) is 0 Å². The van der Waals surface area contributed by atoms with Gasteiger partial charge in [0.1, 0.15) is 11.3 Å². The van der Waals surface area contributed by atoms with Crippen molar-refractivity contribution in [2.24, 2.45) is 0 Å². The summed E-state index contributed by atoms with van der Waals surface area (Å²) in [4.78, 5) is 4.30. The lowest BCUT2D eigenvalue weighted by Crippen LogP contribution is -1.96. The molecule has 0 saturated carbocycles. The molecule has 0 saturated heterocycles. The number of para-hydroxylation sites is 1. The number of benzene rings is 2. The summed E-state index contributed by atoms with van der Waals surface area (Å²) in [6.45, 7) is 1.92. The number of hydrogen-bond donors (Lipinski definition) is 1. The normalized spacial score (nSPS) is 10.6. The van der Waals surface area contributed by atoms with Crippen LogP contribution < -0.4 is 10.5 Å². The first kappa shape index (κ1) is 11.4. The first-order valence-corrected chi connectivity index (χ1v) is 5.86.